The quantitative estimate of drug-likeness (QED) is 0.631. The first kappa shape index (κ1) is 20.3. The second kappa shape index (κ2) is 9.52. The number of unbranched alkanes of at least 4 members (excludes halogenated alkanes) is 1. The number of imidazole rings is 1. The van der Waals surface area contributed by atoms with Gasteiger partial charge in [0.2, 0.25) is 0 Å². The van der Waals surface area contributed by atoms with Crippen molar-refractivity contribution in [2.75, 3.05) is 32.1 Å². The molecule has 136 valence electrons. The molecule has 1 rings (SSSR count). The monoisotopic (exact) mass is 333 g/mol. The third kappa shape index (κ3) is 4.87. The summed E-state index contributed by atoms with van der Waals surface area (Å²) in [6, 6.07) is 0. The lowest BCUT2D eigenvalue weighted by molar-refractivity contribution is 0.454. The molecule has 0 amide bonds. The number of hydrogen-bond acceptors (Lipinski definition) is 4. The van der Waals surface area contributed by atoms with Gasteiger partial charge >= 0.3 is 0 Å². The summed E-state index contributed by atoms with van der Waals surface area (Å²) in [7, 11) is 4.07. The van der Waals surface area contributed by atoms with E-state index in [1.165, 1.54) is 0 Å². The van der Waals surface area contributed by atoms with E-state index in [1.807, 2.05) is 11.9 Å². The van der Waals surface area contributed by atoms with Gasteiger partial charge in [0.1, 0.15) is 11.5 Å². The van der Waals surface area contributed by atoms with Gasteiger partial charge in [0.15, 0.2) is 5.82 Å². The molecule has 5 nitrogen and oxygen atoms in total. The van der Waals surface area contributed by atoms with Crippen molar-refractivity contribution in [2.24, 2.45) is 11.7 Å². The summed E-state index contributed by atoms with van der Waals surface area (Å²) in [4.78, 5) is 9.09. The third-order valence-electron chi connectivity index (χ3n) is 4.23. The van der Waals surface area contributed by atoms with Gasteiger partial charge in [-0.25, -0.2) is 4.98 Å². The molecule has 0 saturated carbocycles. The van der Waals surface area contributed by atoms with Crippen LogP contribution in [0.1, 0.15) is 45.1 Å². The number of hydrogen-bond donors (Lipinski definition) is 1. The number of aromatic nitrogens is 2. The predicted molar refractivity (Wildman–Crippen MR) is 105 cm³/mol. The van der Waals surface area contributed by atoms with E-state index in [0.717, 1.165) is 61.9 Å². The summed E-state index contributed by atoms with van der Waals surface area (Å²) in [6.07, 6.45) is 4.85. The van der Waals surface area contributed by atoms with Crippen LogP contribution in [0.3, 0.4) is 0 Å². The molecule has 24 heavy (non-hydrogen) atoms. The van der Waals surface area contributed by atoms with Gasteiger partial charge < -0.3 is 20.1 Å². The molecule has 5 heteroatoms. The fourth-order valence-corrected chi connectivity index (χ4v) is 2.77. The zero-order valence-electron chi connectivity index (χ0n) is 16.2. The Bertz CT molecular complexity index is 544. The highest BCUT2D eigenvalue weighted by Gasteiger charge is 2.22. The largest absolute Gasteiger partial charge is 0.373 e. The van der Waals surface area contributed by atoms with Crippen LogP contribution in [0.2, 0.25) is 0 Å². The van der Waals surface area contributed by atoms with Crippen molar-refractivity contribution in [3.63, 3.8) is 0 Å². The Kier molecular flexibility index (Phi) is 8.05. The molecule has 0 saturated heterocycles. The second-order valence-electron chi connectivity index (χ2n) is 6.70. The summed E-state index contributed by atoms with van der Waals surface area (Å²) >= 11 is 0. The molecule has 0 aliphatic heterocycles. The van der Waals surface area contributed by atoms with Crippen molar-refractivity contribution in [2.45, 2.75) is 46.6 Å². The lowest BCUT2D eigenvalue weighted by Gasteiger charge is -2.25. The second-order valence-corrected chi connectivity index (χ2v) is 6.70. The van der Waals surface area contributed by atoms with Crippen LogP contribution in [-0.4, -0.2) is 41.6 Å². The average Bonchev–Trinajstić information content (AvgIpc) is 2.90. The average molecular weight is 334 g/mol. The first-order valence-corrected chi connectivity index (χ1v) is 8.92. The molecule has 0 aliphatic carbocycles. The zero-order chi connectivity index (χ0) is 18.3. The van der Waals surface area contributed by atoms with Crippen LogP contribution >= 0.6 is 0 Å². The molecular formula is C19H35N5. The molecule has 0 bridgehead atoms. The number of nitrogens with zero attached hydrogens (tertiary/aromatic N) is 4. The SMILES string of the molecule is C=CN(C)c1nc(CC(C)C)n(CC)c1C(=C)N(C)CCCCN. The summed E-state index contributed by atoms with van der Waals surface area (Å²) in [5.41, 5.74) is 7.70. The highest BCUT2D eigenvalue weighted by Crippen LogP contribution is 2.30. The molecule has 1 heterocycles. The molecule has 0 atom stereocenters. The molecule has 0 fully saturated rings. The van der Waals surface area contributed by atoms with E-state index in [4.69, 9.17) is 10.7 Å². The molecular weight excluding hydrogens is 298 g/mol. The van der Waals surface area contributed by atoms with Crippen LogP contribution in [-0.2, 0) is 13.0 Å². The normalized spacial score (nSPS) is 11.0. The van der Waals surface area contributed by atoms with Gasteiger partial charge in [0.25, 0.3) is 0 Å². The predicted octanol–water partition coefficient (Wildman–Crippen LogP) is 3.32. The lowest BCUT2D eigenvalue weighted by atomic mass is 10.1. The van der Waals surface area contributed by atoms with Gasteiger partial charge in [-0.1, -0.05) is 27.0 Å². The Hall–Kier alpha value is -1.75. The first-order valence-electron chi connectivity index (χ1n) is 8.92. The van der Waals surface area contributed by atoms with Crippen molar-refractivity contribution in [1.29, 1.82) is 0 Å². The van der Waals surface area contributed by atoms with Crippen LogP contribution in [0.5, 0.6) is 0 Å². The Morgan fingerprint density at radius 2 is 2.00 bits per heavy atom. The lowest BCUT2D eigenvalue weighted by Crippen LogP contribution is -2.22. The highest BCUT2D eigenvalue weighted by molar-refractivity contribution is 5.71. The number of rotatable bonds is 11. The highest BCUT2D eigenvalue weighted by atomic mass is 15.2. The first-order chi connectivity index (χ1) is 11.4. The van der Waals surface area contributed by atoms with Crippen LogP contribution in [0.25, 0.3) is 5.70 Å². The smallest absolute Gasteiger partial charge is 0.160 e. The van der Waals surface area contributed by atoms with Gasteiger partial charge in [0, 0.05) is 33.6 Å². The molecule has 2 N–H and O–H groups in total. The minimum Gasteiger partial charge on any atom is -0.373 e. The fourth-order valence-electron chi connectivity index (χ4n) is 2.77. The number of nitrogens with two attached hydrogens (primary N) is 1. The summed E-state index contributed by atoms with van der Waals surface area (Å²) in [5, 5.41) is 0. The van der Waals surface area contributed by atoms with E-state index in [-0.39, 0.29) is 0 Å². The maximum absolute atomic E-state index is 5.61. The van der Waals surface area contributed by atoms with Crippen LogP contribution in [0, 0.1) is 5.92 Å². The topological polar surface area (TPSA) is 50.3 Å². The van der Waals surface area contributed by atoms with E-state index in [9.17, 15) is 0 Å². The zero-order valence-corrected chi connectivity index (χ0v) is 16.2. The van der Waals surface area contributed by atoms with Crippen molar-refractivity contribution in [1.82, 2.24) is 14.5 Å². The van der Waals surface area contributed by atoms with Gasteiger partial charge in [-0.2, -0.15) is 0 Å². The van der Waals surface area contributed by atoms with E-state index < -0.39 is 0 Å². The molecule has 0 radical (unpaired) electrons. The minimum atomic E-state index is 0.558. The minimum absolute atomic E-state index is 0.558. The molecule has 0 aromatic carbocycles. The summed E-state index contributed by atoms with van der Waals surface area (Å²) < 4.78 is 2.29. The van der Waals surface area contributed by atoms with Crippen LogP contribution < -0.4 is 10.6 Å². The third-order valence-corrected chi connectivity index (χ3v) is 4.23. The van der Waals surface area contributed by atoms with E-state index in [0.29, 0.717) is 5.92 Å². The van der Waals surface area contributed by atoms with Gasteiger partial charge in [-0.15, -0.1) is 0 Å². The molecule has 0 aliphatic rings. The van der Waals surface area contributed by atoms with Crippen molar-refractivity contribution < 1.29 is 0 Å². The Morgan fingerprint density at radius 3 is 2.50 bits per heavy atom. The number of anilines is 1. The van der Waals surface area contributed by atoms with Crippen LogP contribution in [0.4, 0.5) is 5.82 Å². The Labute approximate surface area is 147 Å². The Morgan fingerprint density at radius 1 is 1.33 bits per heavy atom. The molecule has 1 aromatic rings. The van der Waals surface area contributed by atoms with Gasteiger partial charge in [0.05, 0.1) is 5.70 Å². The maximum Gasteiger partial charge on any atom is 0.160 e. The van der Waals surface area contributed by atoms with Crippen LogP contribution in [0.15, 0.2) is 19.4 Å². The standard InChI is InChI=1S/C19H35N5/c1-8-22(6)19-18(16(5)23(7)13-11-10-12-20)24(9-2)17(21-19)14-15(3)4/h8,15H,1,5,9-14,20H2,2-4,6-7H3. The van der Waals surface area contributed by atoms with Crippen molar-refractivity contribution in [3.05, 3.63) is 30.9 Å². The maximum atomic E-state index is 5.61. The van der Waals surface area contributed by atoms with E-state index in [2.05, 4.69) is 50.4 Å². The van der Waals surface area contributed by atoms with E-state index in [1.54, 1.807) is 6.20 Å². The van der Waals surface area contributed by atoms with Gasteiger partial charge in [-0.3, -0.25) is 0 Å². The molecule has 0 spiro atoms. The summed E-state index contributed by atoms with van der Waals surface area (Å²) in [6.45, 7) is 17.4. The molecule has 0 unspecified atom stereocenters. The van der Waals surface area contributed by atoms with Crippen molar-refractivity contribution >= 4 is 11.5 Å². The van der Waals surface area contributed by atoms with Gasteiger partial charge in [-0.05, 0) is 38.4 Å². The Balaban J connectivity index is 3.23. The summed E-state index contributed by atoms with van der Waals surface area (Å²) in [5.74, 6) is 2.60. The molecule has 1 aromatic heterocycles. The fraction of sp³-hybridized carbons (Fsp3) is 0.632. The van der Waals surface area contributed by atoms with E-state index >= 15 is 0 Å². The van der Waals surface area contributed by atoms with Crippen molar-refractivity contribution in [3.8, 4) is 0 Å².